The summed E-state index contributed by atoms with van der Waals surface area (Å²) in [4.78, 5) is 26.3. The molecule has 0 unspecified atom stereocenters. The van der Waals surface area contributed by atoms with Crippen molar-refractivity contribution >= 4 is 52.0 Å². The van der Waals surface area contributed by atoms with Gasteiger partial charge < -0.3 is 10.1 Å². The minimum absolute atomic E-state index is 0.155. The van der Waals surface area contributed by atoms with E-state index < -0.39 is 11.9 Å². The minimum Gasteiger partial charge on any atom is -0.486 e. The van der Waals surface area contributed by atoms with Crippen molar-refractivity contribution in [3.63, 3.8) is 0 Å². The normalized spacial score (nSPS) is 14.6. The SMILES string of the molecule is O=C1N/C(=C/c2cc(Cl)c(OCc3ccc4ccccc4c3)c(Cl)c2)C(=O)N1Cc1ccccc1. The lowest BCUT2D eigenvalue weighted by molar-refractivity contribution is -0.123. The zero-order valence-electron chi connectivity index (χ0n) is 18.5. The van der Waals surface area contributed by atoms with Crippen LogP contribution in [0, 0.1) is 0 Å². The predicted molar refractivity (Wildman–Crippen MR) is 138 cm³/mol. The summed E-state index contributed by atoms with van der Waals surface area (Å²) < 4.78 is 5.92. The summed E-state index contributed by atoms with van der Waals surface area (Å²) in [6.07, 6.45) is 1.55. The summed E-state index contributed by atoms with van der Waals surface area (Å²) in [6, 6.07) is 26.3. The maximum absolute atomic E-state index is 12.8. The molecule has 1 heterocycles. The van der Waals surface area contributed by atoms with E-state index in [0.29, 0.717) is 28.0 Å². The fraction of sp³-hybridized carbons (Fsp3) is 0.0714. The Bertz CT molecular complexity index is 1440. The lowest BCUT2D eigenvalue weighted by atomic mass is 10.1. The molecule has 4 aromatic carbocycles. The zero-order chi connectivity index (χ0) is 24.4. The molecule has 1 saturated heterocycles. The molecule has 4 aromatic rings. The molecule has 0 radical (unpaired) electrons. The smallest absolute Gasteiger partial charge is 0.329 e. The Morgan fingerprint density at radius 3 is 2.23 bits per heavy atom. The zero-order valence-corrected chi connectivity index (χ0v) is 20.0. The largest absolute Gasteiger partial charge is 0.486 e. The first kappa shape index (κ1) is 23.0. The first-order valence-corrected chi connectivity index (χ1v) is 11.7. The molecule has 1 aliphatic rings. The van der Waals surface area contributed by atoms with E-state index in [9.17, 15) is 9.59 Å². The molecule has 0 saturated carbocycles. The molecule has 3 amide bonds. The molecule has 0 spiro atoms. The van der Waals surface area contributed by atoms with Gasteiger partial charge in [0.25, 0.3) is 5.91 Å². The van der Waals surface area contributed by atoms with E-state index in [1.54, 1.807) is 18.2 Å². The third kappa shape index (κ3) is 5.02. The van der Waals surface area contributed by atoms with Crippen LogP contribution in [0.15, 0.2) is 90.6 Å². The van der Waals surface area contributed by atoms with Gasteiger partial charge in [-0.2, -0.15) is 0 Å². The Morgan fingerprint density at radius 1 is 0.800 bits per heavy atom. The van der Waals surface area contributed by atoms with E-state index in [0.717, 1.165) is 26.8 Å². The number of nitrogens with one attached hydrogen (secondary N) is 1. The lowest BCUT2D eigenvalue weighted by Crippen LogP contribution is -2.30. The summed E-state index contributed by atoms with van der Waals surface area (Å²) >= 11 is 12.9. The first-order chi connectivity index (χ1) is 17.0. The second-order valence-electron chi connectivity index (χ2n) is 8.15. The van der Waals surface area contributed by atoms with Crippen LogP contribution in [0.3, 0.4) is 0 Å². The van der Waals surface area contributed by atoms with E-state index >= 15 is 0 Å². The summed E-state index contributed by atoms with van der Waals surface area (Å²) in [5.74, 6) is -0.0566. The topological polar surface area (TPSA) is 58.6 Å². The van der Waals surface area contributed by atoms with Gasteiger partial charge in [0.1, 0.15) is 12.3 Å². The highest BCUT2D eigenvalue weighted by Crippen LogP contribution is 2.36. The van der Waals surface area contributed by atoms with Crippen molar-refractivity contribution in [1.82, 2.24) is 10.2 Å². The Balaban J connectivity index is 1.31. The number of ether oxygens (including phenoxy) is 1. The van der Waals surface area contributed by atoms with Crippen LogP contribution in [0.2, 0.25) is 10.0 Å². The van der Waals surface area contributed by atoms with Crippen molar-refractivity contribution in [1.29, 1.82) is 0 Å². The Hall–Kier alpha value is -3.80. The molecule has 0 bridgehead atoms. The number of nitrogens with zero attached hydrogens (tertiary/aromatic N) is 1. The van der Waals surface area contributed by atoms with E-state index in [4.69, 9.17) is 27.9 Å². The molecule has 0 atom stereocenters. The molecule has 174 valence electrons. The number of urea groups is 1. The number of benzene rings is 4. The molecule has 5 rings (SSSR count). The standard InChI is InChI=1S/C28H20Cl2N2O3/c29-23-13-20(15-25-27(33)32(28(34)31-25)16-18-6-2-1-3-7-18)14-24(30)26(23)35-17-19-10-11-21-8-4-5-9-22(21)12-19/h1-15H,16-17H2,(H,31,34)/b25-15+. The molecular weight excluding hydrogens is 483 g/mol. The van der Waals surface area contributed by atoms with E-state index in [1.165, 1.54) is 0 Å². The number of carbonyl (C=O) groups is 2. The van der Waals surface area contributed by atoms with Crippen LogP contribution in [0.25, 0.3) is 16.8 Å². The van der Waals surface area contributed by atoms with Crippen LogP contribution >= 0.6 is 23.2 Å². The molecule has 5 nitrogen and oxygen atoms in total. The van der Waals surface area contributed by atoms with Gasteiger partial charge in [-0.1, -0.05) is 89.9 Å². The molecular formula is C28H20Cl2N2O3. The number of imide groups is 1. The average molecular weight is 503 g/mol. The van der Waals surface area contributed by atoms with Crippen LogP contribution in [0.4, 0.5) is 4.79 Å². The van der Waals surface area contributed by atoms with Gasteiger partial charge >= 0.3 is 6.03 Å². The van der Waals surface area contributed by atoms with Gasteiger partial charge in [-0.05, 0) is 51.7 Å². The maximum atomic E-state index is 12.8. The minimum atomic E-state index is -0.474. The number of hydrogen-bond acceptors (Lipinski definition) is 3. The van der Waals surface area contributed by atoms with Crippen molar-refractivity contribution in [2.24, 2.45) is 0 Å². The summed E-state index contributed by atoms with van der Waals surface area (Å²) in [5, 5.41) is 5.51. The van der Waals surface area contributed by atoms with E-state index in [2.05, 4.69) is 17.4 Å². The molecule has 1 fully saturated rings. The monoisotopic (exact) mass is 502 g/mol. The summed E-state index contributed by atoms with van der Waals surface area (Å²) in [7, 11) is 0. The van der Waals surface area contributed by atoms with E-state index in [-0.39, 0.29) is 12.2 Å². The van der Waals surface area contributed by atoms with Gasteiger partial charge in [0.05, 0.1) is 16.6 Å². The highest BCUT2D eigenvalue weighted by molar-refractivity contribution is 6.37. The number of halogens is 2. The first-order valence-electron chi connectivity index (χ1n) is 11.0. The number of amides is 3. The highest BCUT2D eigenvalue weighted by Gasteiger charge is 2.33. The third-order valence-corrected chi connectivity index (χ3v) is 6.24. The fourth-order valence-electron chi connectivity index (χ4n) is 3.93. The molecule has 0 aliphatic carbocycles. The van der Waals surface area contributed by atoms with Crippen molar-refractivity contribution in [2.75, 3.05) is 0 Å². The van der Waals surface area contributed by atoms with Crippen LogP contribution < -0.4 is 10.1 Å². The van der Waals surface area contributed by atoms with Gasteiger partial charge in [-0.25, -0.2) is 4.79 Å². The number of fused-ring (bicyclic) bond motifs is 1. The van der Waals surface area contributed by atoms with Crippen LogP contribution in [-0.2, 0) is 17.9 Å². The number of hydrogen-bond donors (Lipinski definition) is 1. The predicted octanol–water partition coefficient (Wildman–Crippen LogP) is 6.82. The van der Waals surface area contributed by atoms with Gasteiger partial charge in [0, 0.05) is 0 Å². The fourth-order valence-corrected chi connectivity index (χ4v) is 4.55. The summed E-state index contributed by atoms with van der Waals surface area (Å²) in [6.45, 7) is 0.486. The maximum Gasteiger partial charge on any atom is 0.329 e. The van der Waals surface area contributed by atoms with Crippen LogP contribution in [-0.4, -0.2) is 16.8 Å². The summed E-state index contributed by atoms with van der Waals surface area (Å²) in [5.41, 5.74) is 2.57. The quantitative estimate of drug-likeness (QED) is 0.232. The van der Waals surface area contributed by atoms with E-state index in [1.807, 2.05) is 60.7 Å². The Morgan fingerprint density at radius 2 is 1.49 bits per heavy atom. The van der Waals surface area contributed by atoms with Gasteiger partial charge in [-0.15, -0.1) is 0 Å². The van der Waals surface area contributed by atoms with Crippen LogP contribution in [0.1, 0.15) is 16.7 Å². The second-order valence-corrected chi connectivity index (χ2v) is 8.96. The molecule has 1 N–H and O–H groups in total. The van der Waals surface area contributed by atoms with Crippen molar-refractivity contribution in [3.05, 3.63) is 117 Å². The number of rotatable bonds is 6. The average Bonchev–Trinajstić information content (AvgIpc) is 3.11. The van der Waals surface area contributed by atoms with Crippen molar-refractivity contribution < 1.29 is 14.3 Å². The third-order valence-electron chi connectivity index (χ3n) is 5.67. The Kier molecular flexibility index (Phi) is 6.45. The second kappa shape index (κ2) is 9.82. The van der Waals surface area contributed by atoms with Crippen molar-refractivity contribution in [3.8, 4) is 5.75 Å². The van der Waals surface area contributed by atoms with Crippen LogP contribution in [0.5, 0.6) is 5.75 Å². The number of carbonyl (C=O) groups excluding carboxylic acids is 2. The lowest BCUT2D eigenvalue weighted by Gasteiger charge is -2.12. The van der Waals surface area contributed by atoms with Gasteiger partial charge in [-0.3, -0.25) is 9.69 Å². The van der Waals surface area contributed by atoms with Gasteiger partial charge in [0.15, 0.2) is 5.75 Å². The van der Waals surface area contributed by atoms with Crippen molar-refractivity contribution in [2.45, 2.75) is 13.2 Å². The molecule has 1 aliphatic heterocycles. The molecule has 35 heavy (non-hydrogen) atoms. The molecule has 7 heteroatoms. The Labute approximate surface area is 212 Å². The molecule has 0 aromatic heterocycles. The highest BCUT2D eigenvalue weighted by atomic mass is 35.5. The van der Waals surface area contributed by atoms with Gasteiger partial charge in [0.2, 0.25) is 0 Å².